The number of ether oxygens (including phenoxy) is 1. The van der Waals surface area contributed by atoms with Gasteiger partial charge >= 0.3 is 6.09 Å². The third-order valence-corrected chi connectivity index (χ3v) is 5.34. The number of cyclic esters (lactones) is 1. The highest BCUT2D eigenvalue weighted by Gasteiger charge is 2.34. The number of hydrogen-bond donors (Lipinski definition) is 1. The van der Waals surface area contributed by atoms with Gasteiger partial charge < -0.3 is 9.64 Å². The molecule has 1 atom stereocenters. The first-order valence-corrected chi connectivity index (χ1v) is 10.3. The lowest BCUT2D eigenvalue weighted by molar-refractivity contribution is -0.133. The van der Waals surface area contributed by atoms with E-state index in [1.165, 1.54) is 9.91 Å². The molecule has 0 bridgehead atoms. The van der Waals surface area contributed by atoms with Crippen molar-refractivity contribution in [3.63, 3.8) is 0 Å². The van der Waals surface area contributed by atoms with Gasteiger partial charge in [0.1, 0.15) is 11.8 Å². The summed E-state index contributed by atoms with van der Waals surface area (Å²) in [7, 11) is 0. The fraction of sp³-hybridized carbons (Fsp3) is 0.550. The molecule has 0 aliphatic carbocycles. The van der Waals surface area contributed by atoms with E-state index in [9.17, 15) is 31.9 Å². The van der Waals surface area contributed by atoms with Gasteiger partial charge in [-0.3, -0.25) is 19.5 Å². The maximum atomic E-state index is 14.9. The first-order chi connectivity index (χ1) is 15.2. The van der Waals surface area contributed by atoms with Crippen LogP contribution in [0, 0.1) is 11.6 Å². The van der Waals surface area contributed by atoms with E-state index in [-0.39, 0.29) is 49.9 Å². The molecular formula is C20H24F4N4O4. The molecule has 0 aromatic heterocycles. The van der Waals surface area contributed by atoms with Crippen LogP contribution in [0.3, 0.4) is 0 Å². The maximum Gasteiger partial charge on any atom is 0.414 e. The van der Waals surface area contributed by atoms with Crippen LogP contribution in [-0.4, -0.2) is 68.0 Å². The molecule has 0 radical (unpaired) electrons. The van der Waals surface area contributed by atoms with E-state index < -0.39 is 42.5 Å². The lowest BCUT2D eigenvalue weighted by atomic mass is 10.1. The van der Waals surface area contributed by atoms with Crippen molar-refractivity contribution in [3.05, 3.63) is 23.8 Å². The molecule has 0 unspecified atom stereocenters. The van der Waals surface area contributed by atoms with Crippen LogP contribution in [0.1, 0.15) is 26.2 Å². The first kappa shape index (κ1) is 23.8. The zero-order chi connectivity index (χ0) is 23.4. The Morgan fingerprint density at radius 1 is 1.19 bits per heavy atom. The number of hydrazine groups is 1. The molecule has 2 fully saturated rings. The van der Waals surface area contributed by atoms with Crippen molar-refractivity contribution < 1.29 is 36.7 Å². The summed E-state index contributed by atoms with van der Waals surface area (Å²) in [6.07, 6.45) is -5.09. The van der Waals surface area contributed by atoms with Crippen LogP contribution in [0.2, 0.25) is 0 Å². The van der Waals surface area contributed by atoms with Gasteiger partial charge in [0.15, 0.2) is 17.4 Å². The lowest BCUT2D eigenvalue weighted by Gasteiger charge is -2.25. The fourth-order valence-electron chi connectivity index (χ4n) is 3.66. The van der Waals surface area contributed by atoms with Crippen LogP contribution in [-0.2, 0) is 14.3 Å². The monoisotopic (exact) mass is 460 g/mol. The SMILES string of the molecule is CCC(=O)N1CCN(c2c(F)cc(N3C[C@H](CCC(=O)C(F)F)OC3=O)cc2F)CCN1. The molecule has 2 aliphatic rings. The number of hydrogen-bond acceptors (Lipinski definition) is 6. The third kappa shape index (κ3) is 5.29. The summed E-state index contributed by atoms with van der Waals surface area (Å²) in [5.41, 5.74) is 2.57. The van der Waals surface area contributed by atoms with Crippen LogP contribution in [0.25, 0.3) is 0 Å². The van der Waals surface area contributed by atoms with E-state index in [0.717, 1.165) is 17.0 Å². The summed E-state index contributed by atoms with van der Waals surface area (Å²) in [4.78, 5) is 37.5. The van der Waals surface area contributed by atoms with E-state index in [4.69, 9.17) is 4.74 Å². The van der Waals surface area contributed by atoms with Gasteiger partial charge in [-0.2, -0.15) is 0 Å². The van der Waals surface area contributed by atoms with Crippen molar-refractivity contribution in [1.82, 2.24) is 10.4 Å². The predicted molar refractivity (Wildman–Crippen MR) is 106 cm³/mol. The molecule has 32 heavy (non-hydrogen) atoms. The van der Waals surface area contributed by atoms with E-state index in [1.54, 1.807) is 6.92 Å². The van der Waals surface area contributed by atoms with Crippen molar-refractivity contribution in [2.75, 3.05) is 42.5 Å². The molecular weight excluding hydrogens is 436 g/mol. The number of benzene rings is 1. The molecule has 12 heteroatoms. The summed E-state index contributed by atoms with van der Waals surface area (Å²) < 4.78 is 59.5. The molecule has 1 aromatic rings. The molecule has 1 N–H and O–H groups in total. The number of rotatable bonds is 7. The highest BCUT2D eigenvalue weighted by Crippen LogP contribution is 2.31. The van der Waals surface area contributed by atoms with Crippen LogP contribution in [0.15, 0.2) is 12.1 Å². The number of carbonyl (C=O) groups excluding carboxylic acids is 3. The molecule has 2 heterocycles. The molecule has 176 valence electrons. The standard InChI is InChI=1S/C20H24F4N4O4/c1-2-17(30)28-8-7-26(6-5-25-28)18-14(21)9-12(10-15(18)22)27-11-13(32-20(27)31)3-4-16(29)19(23)24/h9-10,13,19,25H,2-8,11H2,1H3/t13-/m0/s1. The lowest BCUT2D eigenvalue weighted by Crippen LogP contribution is -2.43. The topological polar surface area (TPSA) is 82.2 Å². The average Bonchev–Trinajstić information content (AvgIpc) is 2.95. The zero-order valence-electron chi connectivity index (χ0n) is 17.5. The number of nitrogens with one attached hydrogen (secondary N) is 1. The van der Waals surface area contributed by atoms with E-state index >= 15 is 0 Å². The molecule has 2 aliphatic heterocycles. The normalized spacial score (nSPS) is 19.4. The van der Waals surface area contributed by atoms with E-state index in [2.05, 4.69) is 5.43 Å². The summed E-state index contributed by atoms with van der Waals surface area (Å²) in [5, 5.41) is 1.42. The van der Waals surface area contributed by atoms with Gasteiger partial charge in [0.2, 0.25) is 5.91 Å². The van der Waals surface area contributed by atoms with Crippen LogP contribution in [0.4, 0.5) is 33.7 Å². The fourth-order valence-corrected chi connectivity index (χ4v) is 3.66. The van der Waals surface area contributed by atoms with Crippen molar-refractivity contribution in [3.8, 4) is 0 Å². The summed E-state index contributed by atoms with van der Waals surface area (Å²) in [5.74, 6) is -3.16. The first-order valence-electron chi connectivity index (χ1n) is 10.3. The molecule has 1 aromatic carbocycles. The number of halogens is 4. The molecule has 0 saturated carbocycles. The largest absolute Gasteiger partial charge is 0.444 e. The smallest absolute Gasteiger partial charge is 0.414 e. The number of alkyl halides is 2. The Kier molecular flexibility index (Phi) is 7.54. The molecule has 2 amide bonds. The van der Waals surface area contributed by atoms with Gasteiger partial charge in [0.25, 0.3) is 6.43 Å². The van der Waals surface area contributed by atoms with Crippen molar-refractivity contribution >= 4 is 29.2 Å². The van der Waals surface area contributed by atoms with E-state index in [1.807, 2.05) is 0 Å². The predicted octanol–water partition coefficient (Wildman–Crippen LogP) is 2.47. The quantitative estimate of drug-likeness (QED) is 0.630. The second-order valence-electron chi connectivity index (χ2n) is 7.47. The highest BCUT2D eigenvalue weighted by molar-refractivity contribution is 5.90. The van der Waals surface area contributed by atoms with Gasteiger partial charge in [-0.25, -0.2) is 27.8 Å². The Bertz CT molecular complexity index is 862. The average molecular weight is 460 g/mol. The van der Waals surface area contributed by atoms with Gasteiger partial charge in [0.05, 0.1) is 18.8 Å². The minimum atomic E-state index is -3.10. The number of Topliss-reactive ketones (excluding diaryl/α,β-unsaturated/α-hetero) is 1. The summed E-state index contributed by atoms with van der Waals surface area (Å²) in [6.45, 7) is 2.61. The van der Waals surface area contributed by atoms with Crippen molar-refractivity contribution in [2.45, 2.75) is 38.7 Å². The highest BCUT2D eigenvalue weighted by atomic mass is 19.3. The number of carbonyl (C=O) groups is 3. The summed E-state index contributed by atoms with van der Waals surface area (Å²) >= 11 is 0. The van der Waals surface area contributed by atoms with E-state index in [0.29, 0.717) is 13.0 Å². The Labute approximate surface area is 182 Å². The van der Waals surface area contributed by atoms with Gasteiger partial charge in [0, 0.05) is 44.6 Å². The van der Waals surface area contributed by atoms with Crippen LogP contribution < -0.4 is 15.2 Å². The Morgan fingerprint density at radius 2 is 1.88 bits per heavy atom. The number of nitrogens with zero attached hydrogens (tertiary/aromatic N) is 3. The molecule has 3 rings (SSSR count). The maximum absolute atomic E-state index is 14.9. The van der Waals surface area contributed by atoms with Crippen molar-refractivity contribution in [1.29, 1.82) is 0 Å². The zero-order valence-corrected chi connectivity index (χ0v) is 17.5. The molecule has 2 saturated heterocycles. The second kappa shape index (κ2) is 10.2. The van der Waals surface area contributed by atoms with Crippen molar-refractivity contribution in [2.24, 2.45) is 0 Å². The Morgan fingerprint density at radius 3 is 2.50 bits per heavy atom. The Hall–Kier alpha value is -2.89. The van der Waals surface area contributed by atoms with Gasteiger partial charge in [-0.05, 0) is 6.42 Å². The minimum absolute atomic E-state index is 0.0767. The molecule has 8 nitrogen and oxygen atoms in total. The van der Waals surface area contributed by atoms with Crippen LogP contribution in [0.5, 0.6) is 0 Å². The molecule has 0 spiro atoms. The number of amides is 2. The Balaban J connectivity index is 1.70. The van der Waals surface area contributed by atoms with Gasteiger partial charge in [-0.1, -0.05) is 6.92 Å². The minimum Gasteiger partial charge on any atom is -0.444 e. The number of anilines is 2. The summed E-state index contributed by atoms with van der Waals surface area (Å²) in [6, 6.07) is 2.00. The number of ketones is 1. The third-order valence-electron chi connectivity index (χ3n) is 5.34. The van der Waals surface area contributed by atoms with Gasteiger partial charge in [-0.15, -0.1) is 0 Å². The second-order valence-corrected chi connectivity index (χ2v) is 7.47. The van der Waals surface area contributed by atoms with Crippen LogP contribution >= 0.6 is 0 Å².